The van der Waals surface area contributed by atoms with Crippen molar-refractivity contribution in [1.29, 1.82) is 0 Å². The van der Waals surface area contributed by atoms with E-state index in [0.29, 0.717) is 40.4 Å². The predicted octanol–water partition coefficient (Wildman–Crippen LogP) is 3.47. The SMILES string of the molecule is Cc1cn2cc(NC(=O)c3ccc(N4CC(C)NC(C)C4)c4cnc(C)nc34)cc(F)c2n1. The molecule has 5 rings (SSSR count). The average Bonchev–Trinajstić information content (AvgIpc) is 3.12. The van der Waals surface area contributed by atoms with Crippen molar-refractivity contribution in [3.63, 3.8) is 0 Å². The van der Waals surface area contributed by atoms with E-state index in [2.05, 4.69) is 44.3 Å². The molecule has 1 aliphatic rings. The first kappa shape index (κ1) is 21.3. The summed E-state index contributed by atoms with van der Waals surface area (Å²) in [7, 11) is 0. The third-order valence-electron chi connectivity index (χ3n) is 5.88. The molecule has 9 heteroatoms. The van der Waals surface area contributed by atoms with Crippen LogP contribution < -0.4 is 15.5 Å². The minimum atomic E-state index is -0.499. The van der Waals surface area contributed by atoms with Crippen molar-refractivity contribution < 1.29 is 9.18 Å². The van der Waals surface area contributed by atoms with E-state index in [4.69, 9.17) is 0 Å². The second-order valence-corrected chi connectivity index (χ2v) is 8.83. The van der Waals surface area contributed by atoms with Gasteiger partial charge in [-0.05, 0) is 39.8 Å². The highest BCUT2D eigenvalue weighted by Gasteiger charge is 2.24. The second-order valence-electron chi connectivity index (χ2n) is 8.83. The van der Waals surface area contributed by atoms with E-state index in [0.717, 1.165) is 24.2 Å². The van der Waals surface area contributed by atoms with Crippen LogP contribution in [-0.2, 0) is 0 Å². The van der Waals surface area contributed by atoms with Gasteiger partial charge in [0.05, 0.1) is 22.5 Å². The van der Waals surface area contributed by atoms with Crippen LogP contribution in [0.3, 0.4) is 0 Å². The maximum atomic E-state index is 14.5. The van der Waals surface area contributed by atoms with Gasteiger partial charge in [-0.3, -0.25) is 4.79 Å². The molecule has 1 aromatic carbocycles. The van der Waals surface area contributed by atoms with E-state index in [1.165, 1.54) is 6.07 Å². The van der Waals surface area contributed by atoms with Crippen molar-refractivity contribution in [2.45, 2.75) is 39.8 Å². The van der Waals surface area contributed by atoms with Crippen LogP contribution in [0.5, 0.6) is 0 Å². The fourth-order valence-electron chi connectivity index (χ4n) is 4.62. The molecule has 1 saturated heterocycles. The molecule has 2 atom stereocenters. The summed E-state index contributed by atoms with van der Waals surface area (Å²) in [5, 5.41) is 7.17. The van der Waals surface area contributed by atoms with E-state index in [1.807, 2.05) is 6.07 Å². The smallest absolute Gasteiger partial charge is 0.257 e. The topological polar surface area (TPSA) is 87.5 Å². The van der Waals surface area contributed by atoms with Gasteiger partial charge < -0.3 is 19.9 Å². The van der Waals surface area contributed by atoms with Gasteiger partial charge in [0.1, 0.15) is 5.82 Å². The van der Waals surface area contributed by atoms with Gasteiger partial charge in [-0.25, -0.2) is 19.3 Å². The monoisotopic (exact) mass is 447 g/mol. The van der Waals surface area contributed by atoms with Crippen LogP contribution in [0.15, 0.2) is 36.8 Å². The Balaban J connectivity index is 1.53. The van der Waals surface area contributed by atoms with Crippen LogP contribution >= 0.6 is 0 Å². The molecule has 1 amide bonds. The number of rotatable bonds is 3. The maximum Gasteiger partial charge on any atom is 0.257 e. The Hall–Kier alpha value is -3.59. The highest BCUT2D eigenvalue weighted by molar-refractivity contribution is 6.13. The number of aryl methyl sites for hydroxylation is 2. The fourth-order valence-corrected chi connectivity index (χ4v) is 4.62. The number of hydrogen-bond acceptors (Lipinski definition) is 6. The molecule has 0 bridgehead atoms. The molecule has 4 heterocycles. The summed E-state index contributed by atoms with van der Waals surface area (Å²) in [5.41, 5.74) is 3.26. The number of piperazine rings is 1. The first-order chi connectivity index (χ1) is 15.8. The summed E-state index contributed by atoms with van der Waals surface area (Å²) >= 11 is 0. The summed E-state index contributed by atoms with van der Waals surface area (Å²) in [4.78, 5) is 28.7. The van der Waals surface area contributed by atoms with E-state index >= 15 is 0 Å². The Morgan fingerprint density at radius 1 is 1.15 bits per heavy atom. The lowest BCUT2D eigenvalue weighted by molar-refractivity contribution is 0.102. The minimum Gasteiger partial charge on any atom is -0.368 e. The number of fused-ring (bicyclic) bond motifs is 2. The summed E-state index contributed by atoms with van der Waals surface area (Å²) in [6, 6.07) is 5.70. The van der Waals surface area contributed by atoms with E-state index in [-0.39, 0.29) is 11.6 Å². The molecule has 1 fully saturated rings. The van der Waals surface area contributed by atoms with E-state index in [1.54, 1.807) is 42.9 Å². The number of carbonyl (C=O) groups is 1. The first-order valence-corrected chi connectivity index (χ1v) is 11.0. The minimum absolute atomic E-state index is 0.225. The Morgan fingerprint density at radius 2 is 1.91 bits per heavy atom. The number of hydrogen-bond donors (Lipinski definition) is 2. The molecule has 0 radical (unpaired) electrons. The van der Waals surface area contributed by atoms with Crippen molar-refractivity contribution >= 4 is 33.8 Å². The fraction of sp³-hybridized carbons (Fsp3) is 0.333. The lowest BCUT2D eigenvalue weighted by atomic mass is 10.0. The Morgan fingerprint density at radius 3 is 2.67 bits per heavy atom. The number of amides is 1. The van der Waals surface area contributed by atoms with Gasteiger partial charge in [-0.1, -0.05) is 0 Å². The Kier molecular flexibility index (Phi) is 5.20. The largest absolute Gasteiger partial charge is 0.368 e. The number of nitrogens with one attached hydrogen (secondary N) is 2. The Labute approximate surface area is 190 Å². The van der Waals surface area contributed by atoms with Crippen LogP contribution in [0.1, 0.15) is 35.7 Å². The highest BCUT2D eigenvalue weighted by atomic mass is 19.1. The number of pyridine rings is 1. The van der Waals surface area contributed by atoms with Gasteiger partial charge in [0.25, 0.3) is 5.91 Å². The van der Waals surface area contributed by atoms with E-state index in [9.17, 15) is 9.18 Å². The van der Waals surface area contributed by atoms with Crippen molar-refractivity contribution in [3.8, 4) is 0 Å². The van der Waals surface area contributed by atoms with Gasteiger partial charge in [0.2, 0.25) is 0 Å². The number of halogens is 1. The predicted molar refractivity (Wildman–Crippen MR) is 126 cm³/mol. The zero-order valence-electron chi connectivity index (χ0n) is 19.1. The lowest BCUT2D eigenvalue weighted by Crippen LogP contribution is -2.54. The zero-order chi connectivity index (χ0) is 23.3. The van der Waals surface area contributed by atoms with Crippen LogP contribution in [0.4, 0.5) is 15.8 Å². The summed E-state index contributed by atoms with van der Waals surface area (Å²) in [5.74, 6) is -0.277. The van der Waals surface area contributed by atoms with Crippen LogP contribution in [0, 0.1) is 19.7 Å². The molecule has 0 aliphatic carbocycles. The van der Waals surface area contributed by atoms with Crippen molar-refractivity contribution in [3.05, 3.63) is 59.7 Å². The molecular weight excluding hydrogens is 421 g/mol. The van der Waals surface area contributed by atoms with E-state index < -0.39 is 5.82 Å². The average molecular weight is 448 g/mol. The number of anilines is 2. The molecule has 33 heavy (non-hydrogen) atoms. The van der Waals surface area contributed by atoms with Gasteiger partial charge in [-0.2, -0.15) is 0 Å². The van der Waals surface area contributed by atoms with Crippen molar-refractivity contribution in [2.75, 3.05) is 23.3 Å². The van der Waals surface area contributed by atoms with Crippen LogP contribution in [0.25, 0.3) is 16.6 Å². The third-order valence-corrected chi connectivity index (χ3v) is 5.88. The summed E-state index contributed by atoms with van der Waals surface area (Å²) in [6.45, 7) is 9.61. The number of carbonyl (C=O) groups excluding carboxylic acids is 1. The molecule has 8 nitrogen and oxygen atoms in total. The normalized spacial score (nSPS) is 18.8. The van der Waals surface area contributed by atoms with Crippen molar-refractivity contribution in [2.24, 2.45) is 0 Å². The number of nitrogens with zero attached hydrogens (tertiary/aromatic N) is 5. The van der Waals surface area contributed by atoms with Crippen molar-refractivity contribution in [1.82, 2.24) is 24.7 Å². The molecule has 2 N–H and O–H groups in total. The van der Waals surface area contributed by atoms with Gasteiger partial charge in [0.15, 0.2) is 11.5 Å². The Bertz CT molecular complexity index is 1370. The molecule has 170 valence electrons. The lowest BCUT2D eigenvalue weighted by Gasteiger charge is -2.38. The zero-order valence-corrected chi connectivity index (χ0v) is 19.1. The highest BCUT2D eigenvalue weighted by Crippen LogP contribution is 2.30. The maximum absolute atomic E-state index is 14.5. The van der Waals surface area contributed by atoms with Gasteiger partial charge >= 0.3 is 0 Å². The summed E-state index contributed by atoms with van der Waals surface area (Å²) in [6.07, 6.45) is 5.14. The molecular formula is C24H26FN7O. The summed E-state index contributed by atoms with van der Waals surface area (Å²) < 4.78 is 16.0. The molecule has 2 unspecified atom stereocenters. The quantitative estimate of drug-likeness (QED) is 0.500. The standard InChI is InChI=1S/C24H26FN7O/c1-13-9-31(10-14(2)27-13)21-6-5-18(22-19(21)8-26-16(4)29-22)24(33)30-17-7-20(25)23-28-15(3)11-32(23)12-17/h5-8,11-14,27H,9-10H2,1-4H3,(H,30,33). The first-order valence-electron chi connectivity index (χ1n) is 11.0. The van der Waals surface area contributed by atoms with Crippen LogP contribution in [-0.4, -0.2) is 50.4 Å². The molecule has 3 aromatic heterocycles. The molecule has 0 saturated carbocycles. The van der Waals surface area contributed by atoms with Crippen LogP contribution in [0.2, 0.25) is 0 Å². The number of imidazole rings is 1. The van der Waals surface area contributed by atoms with Gasteiger partial charge in [-0.15, -0.1) is 0 Å². The second kappa shape index (κ2) is 8.08. The number of aromatic nitrogens is 4. The molecule has 4 aromatic rings. The number of benzene rings is 1. The molecule has 1 aliphatic heterocycles. The van der Waals surface area contributed by atoms with Gasteiger partial charge in [0, 0.05) is 60.9 Å². The third kappa shape index (κ3) is 4.00. The molecule has 0 spiro atoms.